The lowest BCUT2D eigenvalue weighted by Crippen LogP contribution is -2.35. The molecule has 0 saturated heterocycles. The third-order valence-corrected chi connectivity index (χ3v) is 5.10. The van der Waals surface area contributed by atoms with E-state index in [2.05, 4.69) is 5.32 Å². The summed E-state index contributed by atoms with van der Waals surface area (Å²) >= 11 is 0. The van der Waals surface area contributed by atoms with Crippen molar-refractivity contribution >= 4 is 27.3 Å². The van der Waals surface area contributed by atoms with Crippen molar-refractivity contribution in [1.29, 1.82) is 0 Å². The molecular weight excluding hydrogens is 372 g/mol. The second-order valence-corrected chi connectivity index (χ2v) is 7.23. The van der Waals surface area contributed by atoms with Crippen LogP contribution in [0.4, 0.5) is 20.2 Å². The number of anilines is 1. The molecule has 0 aliphatic heterocycles. The molecule has 8 nitrogen and oxygen atoms in total. The highest BCUT2D eigenvalue weighted by atomic mass is 32.2. The first-order chi connectivity index (χ1) is 12.1. The third-order valence-electron chi connectivity index (χ3n) is 3.31. The molecule has 0 radical (unpaired) electrons. The van der Waals surface area contributed by atoms with Gasteiger partial charge in [-0.15, -0.1) is 0 Å². The molecule has 0 atom stereocenters. The van der Waals surface area contributed by atoms with Crippen molar-refractivity contribution < 1.29 is 26.9 Å². The van der Waals surface area contributed by atoms with Gasteiger partial charge in [-0.25, -0.2) is 17.2 Å². The van der Waals surface area contributed by atoms with Gasteiger partial charge in [0.1, 0.15) is 11.6 Å². The number of halogens is 2. The quantitative estimate of drug-likeness (QED) is 0.605. The number of hydrogen-bond acceptors (Lipinski definition) is 5. The van der Waals surface area contributed by atoms with Gasteiger partial charge in [0.2, 0.25) is 15.9 Å². The maximum Gasteiger partial charge on any atom is 0.270 e. The molecule has 0 heterocycles. The fraction of sp³-hybridized carbons (Fsp3) is 0.133. The topological polar surface area (TPSA) is 110 Å². The molecule has 138 valence electrons. The van der Waals surface area contributed by atoms with E-state index in [4.69, 9.17) is 0 Å². The Morgan fingerprint density at radius 2 is 1.92 bits per heavy atom. The Balaban J connectivity index is 2.16. The minimum Gasteiger partial charge on any atom is -0.322 e. The summed E-state index contributed by atoms with van der Waals surface area (Å²) in [4.78, 5) is 21.6. The van der Waals surface area contributed by atoms with Crippen LogP contribution < -0.4 is 5.32 Å². The largest absolute Gasteiger partial charge is 0.322 e. The average molecular weight is 385 g/mol. The van der Waals surface area contributed by atoms with Crippen LogP contribution in [0.2, 0.25) is 0 Å². The molecule has 26 heavy (non-hydrogen) atoms. The van der Waals surface area contributed by atoms with Crippen LogP contribution in [-0.4, -0.2) is 37.1 Å². The van der Waals surface area contributed by atoms with E-state index in [-0.39, 0.29) is 4.90 Å². The van der Waals surface area contributed by atoms with Gasteiger partial charge in [-0.3, -0.25) is 14.9 Å². The van der Waals surface area contributed by atoms with Crippen LogP contribution in [0.3, 0.4) is 0 Å². The molecule has 0 aromatic heterocycles. The predicted octanol–water partition coefficient (Wildman–Crippen LogP) is 2.13. The van der Waals surface area contributed by atoms with Gasteiger partial charge >= 0.3 is 0 Å². The molecule has 0 aliphatic carbocycles. The third kappa shape index (κ3) is 4.37. The van der Waals surface area contributed by atoms with Crippen molar-refractivity contribution in [3.05, 3.63) is 64.2 Å². The summed E-state index contributed by atoms with van der Waals surface area (Å²) in [6, 6.07) is 6.75. The van der Waals surface area contributed by atoms with E-state index in [0.717, 1.165) is 43.4 Å². The molecule has 0 aliphatic rings. The van der Waals surface area contributed by atoms with Crippen molar-refractivity contribution in [2.24, 2.45) is 0 Å². The number of likely N-dealkylation sites (N-methyl/N-ethyl adjacent to an activating group) is 1. The van der Waals surface area contributed by atoms with Gasteiger partial charge in [-0.05, 0) is 18.2 Å². The summed E-state index contributed by atoms with van der Waals surface area (Å²) in [6.07, 6.45) is 0. The van der Waals surface area contributed by atoms with Crippen molar-refractivity contribution in [1.82, 2.24) is 4.31 Å². The second-order valence-electron chi connectivity index (χ2n) is 5.19. The maximum atomic E-state index is 13.5. The van der Waals surface area contributed by atoms with E-state index in [1.54, 1.807) is 0 Å². The number of non-ortho nitro benzene ring substituents is 1. The molecule has 1 amide bonds. The molecule has 0 bridgehead atoms. The number of hydrogen-bond donors (Lipinski definition) is 1. The van der Waals surface area contributed by atoms with Gasteiger partial charge < -0.3 is 5.32 Å². The number of benzene rings is 2. The molecule has 2 aromatic rings. The normalized spacial score (nSPS) is 11.4. The van der Waals surface area contributed by atoms with E-state index in [0.29, 0.717) is 4.31 Å². The first kappa shape index (κ1) is 19.4. The molecular formula is C15H13F2N3O5S. The van der Waals surface area contributed by atoms with Crippen LogP contribution in [0, 0.1) is 21.7 Å². The smallest absolute Gasteiger partial charge is 0.270 e. The lowest BCUT2D eigenvalue weighted by molar-refractivity contribution is -0.385. The summed E-state index contributed by atoms with van der Waals surface area (Å²) < 4.78 is 52.1. The van der Waals surface area contributed by atoms with Crippen molar-refractivity contribution in [2.45, 2.75) is 4.90 Å². The summed E-state index contributed by atoms with van der Waals surface area (Å²) in [5.74, 6) is -2.57. The fourth-order valence-corrected chi connectivity index (χ4v) is 3.18. The summed E-state index contributed by atoms with van der Waals surface area (Å²) in [5, 5.41) is 12.8. The molecule has 0 unspecified atom stereocenters. The molecule has 0 fully saturated rings. The molecule has 2 aromatic carbocycles. The highest BCUT2D eigenvalue weighted by Gasteiger charge is 2.25. The van der Waals surface area contributed by atoms with Crippen LogP contribution in [0.5, 0.6) is 0 Å². The van der Waals surface area contributed by atoms with Crippen LogP contribution in [0.1, 0.15) is 0 Å². The zero-order valence-electron chi connectivity index (χ0n) is 13.3. The molecule has 2 rings (SSSR count). The summed E-state index contributed by atoms with van der Waals surface area (Å²) in [7, 11) is -3.12. The number of sulfonamides is 1. The Kier molecular flexibility index (Phi) is 5.63. The molecule has 11 heteroatoms. The number of amides is 1. The predicted molar refractivity (Wildman–Crippen MR) is 87.9 cm³/mol. The number of carbonyl (C=O) groups excluding carboxylic acids is 1. The van der Waals surface area contributed by atoms with Crippen LogP contribution in [0.15, 0.2) is 47.4 Å². The Bertz CT molecular complexity index is 966. The van der Waals surface area contributed by atoms with E-state index < -0.39 is 50.4 Å². The zero-order valence-corrected chi connectivity index (χ0v) is 14.2. The van der Waals surface area contributed by atoms with Gasteiger partial charge in [-0.2, -0.15) is 4.31 Å². The van der Waals surface area contributed by atoms with Gasteiger partial charge in [0.15, 0.2) is 0 Å². The minimum absolute atomic E-state index is 0.376. The van der Waals surface area contributed by atoms with E-state index >= 15 is 0 Å². The number of nitro benzene ring substituents is 1. The number of nitrogens with zero attached hydrogens (tertiary/aromatic N) is 2. The van der Waals surface area contributed by atoms with Crippen molar-refractivity contribution in [3.8, 4) is 0 Å². The first-order valence-electron chi connectivity index (χ1n) is 7.07. The van der Waals surface area contributed by atoms with Crippen LogP contribution in [-0.2, 0) is 14.8 Å². The van der Waals surface area contributed by atoms with Gasteiger partial charge in [0, 0.05) is 25.2 Å². The van der Waals surface area contributed by atoms with Gasteiger partial charge in [0.25, 0.3) is 5.69 Å². The lowest BCUT2D eigenvalue weighted by Gasteiger charge is -2.17. The fourth-order valence-electron chi connectivity index (χ4n) is 2.01. The minimum atomic E-state index is -4.20. The van der Waals surface area contributed by atoms with E-state index in [1.807, 2.05) is 0 Å². The van der Waals surface area contributed by atoms with Crippen molar-refractivity contribution in [3.63, 3.8) is 0 Å². The Labute approximate surface area is 147 Å². The molecule has 1 N–H and O–H groups in total. The van der Waals surface area contributed by atoms with Crippen LogP contribution in [0.25, 0.3) is 0 Å². The number of carbonyl (C=O) groups is 1. The number of rotatable bonds is 6. The number of nitrogens with one attached hydrogen (secondary N) is 1. The lowest BCUT2D eigenvalue weighted by atomic mass is 10.3. The molecule has 0 spiro atoms. The van der Waals surface area contributed by atoms with E-state index in [1.165, 1.54) is 6.07 Å². The Morgan fingerprint density at radius 1 is 1.23 bits per heavy atom. The first-order valence-corrected chi connectivity index (χ1v) is 8.51. The van der Waals surface area contributed by atoms with Crippen molar-refractivity contribution in [2.75, 3.05) is 18.9 Å². The summed E-state index contributed by atoms with van der Waals surface area (Å²) in [6.45, 7) is -0.707. The zero-order chi connectivity index (χ0) is 19.5. The second kappa shape index (κ2) is 7.54. The summed E-state index contributed by atoms with van der Waals surface area (Å²) in [5.41, 5.74) is -0.859. The van der Waals surface area contributed by atoms with Gasteiger partial charge in [0.05, 0.1) is 22.1 Å². The standard InChI is InChI=1S/C15H13F2N3O5S/c1-19(9-15(21)18-14-7-10(16)5-6-13(14)17)26(24,25)12-4-2-3-11(8-12)20(22)23/h2-8H,9H2,1H3,(H,18,21). The SMILES string of the molecule is CN(CC(=O)Nc1cc(F)ccc1F)S(=O)(=O)c1cccc([N+](=O)[O-])c1. The monoisotopic (exact) mass is 385 g/mol. The van der Waals surface area contributed by atoms with Gasteiger partial charge in [-0.1, -0.05) is 6.07 Å². The Morgan fingerprint density at radius 3 is 2.58 bits per heavy atom. The highest BCUT2D eigenvalue weighted by Crippen LogP contribution is 2.20. The average Bonchev–Trinajstić information content (AvgIpc) is 2.58. The maximum absolute atomic E-state index is 13.5. The van der Waals surface area contributed by atoms with E-state index in [9.17, 15) is 32.1 Å². The highest BCUT2D eigenvalue weighted by molar-refractivity contribution is 7.89. The van der Waals surface area contributed by atoms with Crippen LogP contribution >= 0.6 is 0 Å². The number of nitro groups is 1. The Hall–Kier alpha value is -2.92. The molecule has 0 saturated carbocycles.